The number of aromatic amines is 1. The molecule has 7 nitrogen and oxygen atoms in total. The van der Waals surface area contributed by atoms with Crippen LogP contribution in [0.1, 0.15) is 25.0 Å². The third-order valence-electron chi connectivity index (χ3n) is 2.70. The Morgan fingerprint density at radius 3 is 3.00 bits per heavy atom. The van der Waals surface area contributed by atoms with E-state index in [2.05, 4.69) is 15.2 Å². The van der Waals surface area contributed by atoms with Crippen LogP contribution in [0.2, 0.25) is 0 Å². The summed E-state index contributed by atoms with van der Waals surface area (Å²) < 4.78 is 4.72. The molecule has 0 saturated carbocycles. The molecule has 0 aliphatic heterocycles. The van der Waals surface area contributed by atoms with Crippen molar-refractivity contribution in [3.63, 3.8) is 0 Å². The molecule has 0 bridgehead atoms. The third-order valence-corrected chi connectivity index (χ3v) is 2.70. The molecule has 0 radical (unpaired) electrons. The van der Waals surface area contributed by atoms with Gasteiger partial charge in [-0.05, 0) is 13.0 Å². The predicted molar refractivity (Wildman–Crippen MR) is 66.1 cm³/mol. The lowest BCUT2D eigenvalue weighted by atomic mass is 10.0. The predicted octanol–water partition coefficient (Wildman–Crippen LogP) is 0.305. The summed E-state index contributed by atoms with van der Waals surface area (Å²) >= 11 is 0. The number of aromatic nitrogens is 3. The Bertz CT molecular complexity index is 569. The molecule has 2 unspecified atom stereocenters. The molecule has 2 rings (SSSR count). The first-order valence-electron chi connectivity index (χ1n) is 5.92. The Kier molecular flexibility index (Phi) is 4.08. The molecular formula is C12H15N3O4. The van der Waals surface area contributed by atoms with Gasteiger partial charge < -0.3 is 14.9 Å². The van der Waals surface area contributed by atoms with Crippen molar-refractivity contribution in [3.8, 4) is 0 Å². The Morgan fingerprint density at radius 1 is 1.47 bits per heavy atom. The summed E-state index contributed by atoms with van der Waals surface area (Å²) in [6, 6.07) is 1.66. The Balaban J connectivity index is 2.09. The van der Waals surface area contributed by atoms with Crippen LogP contribution in [0.3, 0.4) is 0 Å². The minimum absolute atomic E-state index is 0.240. The normalized spacial score (nSPS) is 14.3. The minimum atomic E-state index is -1.23. The monoisotopic (exact) mass is 265 g/mol. The van der Waals surface area contributed by atoms with Crippen LogP contribution in [-0.4, -0.2) is 44.1 Å². The van der Waals surface area contributed by atoms with Gasteiger partial charge in [0.1, 0.15) is 6.10 Å². The van der Waals surface area contributed by atoms with Crippen LogP contribution in [-0.2, 0) is 9.53 Å². The van der Waals surface area contributed by atoms with Crippen molar-refractivity contribution in [2.24, 2.45) is 0 Å². The van der Waals surface area contributed by atoms with Crippen molar-refractivity contribution in [1.29, 1.82) is 0 Å². The fourth-order valence-electron chi connectivity index (χ4n) is 1.74. The zero-order valence-electron chi connectivity index (χ0n) is 10.4. The highest BCUT2D eigenvalue weighted by atomic mass is 16.5. The van der Waals surface area contributed by atoms with E-state index in [4.69, 9.17) is 4.74 Å². The number of carbonyl (C=O) groups excluding carboxylic acids is 1. The second kappa shape index (κ2) is 5.77. The second-order valence-electron chi connectivity index (χ2n) is 4.10. The van der Waals surface area contributed by atoms with Crippen LogP contribution in [0, 0.1) is 0 Å². The Morgan fingerprint density at radius 2 is 2.26 bits per heavy atom. The maximum absolute atomic E-state index is 11.2. The van der Waals surface area contributed by atoms with Gasteiger partial charge in [-0.25, -0.2) is 4.98 Å². The molecule has 0 spiro atoms. The summed E-state index contributed by atoms with van der Waals surface area (Å²) in [5, 5.41) is 27.0. The van der Waals surface area contributed by atoms with Crippen LogP contribution in [0.4, 0.5) is 0 Å². The molecule has 102 valence electrons. The minimum Gasteiger partial charge on any atom is -0.466 e. The van der Waals surface area contributed by atoms with Gasteiger partial charge in [0.05, 0.1) is 25.3 Å². The summed E-state index contributed by atoms with van der Waals surface area (Å²) in [5.41, 5.74) is 1.02. The number of nitrogens with one attached hydrogen (secondary N) is 1. The van der Waals surface area contributed by atoms with Crippen LogP contribution in [0.5, 0.6) is 0 Å². The molecule has 2 aromatic heterocycles. The molecule has 3 N–H and O–H groups in total. The van der Waals surface area contributed by atoms with E-state index in [0.717, 1.165) is 5.39 Å². The van der Waals surface area contributed by atoms with Gasteiger partial charge in [0.25, 0.3) is 0 Å². The number of nitrogens with zero attached hydrogens (tertiary/aromatic N) is 2. The van der Waals surface area contributed by atoms with Crippen LogP contribution >= 0.6 is 0 Å². The number of hydrogen-bond donors (Lipinski definition) is 3. The number of pyridine rings is 1. The molecule has 2 aromatic rings. The van der Waals surface area contributed by atoms with Crippen molar-refractivity contribution < 1.29 is 19.7 Å². The third kappa shape index (κ3) is 3.07. The van der Waals surface area contributed by atoms with E-state index in [9.17, 15) is 15.0 Å². The van der Waals surface area contributed by atoms with Crippen LogP contribution in [0.15, 0.2) is 18.5 Å². The molecule has 0 amide bonds. The van der Waals surface area contributed by atoms with Crippen LogP contribution < -0.4 is 0 Å². The molecule has 7 heteroatoms. The molecule has 0 saturated heterocycles. The maximum atomic E-state index is 11.2. The summed E-state index contributed by atoms with van der Waals surface area (Å²) in [7, 11) is 0. The van der Waals surface area contributed by atoms with Crippen molar-refractivity contribution in [3.05, 3.63) is 24.0 Å². The van der Waals surface area contributed by atoms with Gasteiger partial charge in [0.15, 0.2) is 5.65 Å². The van der Waals surface area contributed by atoms with Gasteiger partial charge >= 0.3 is 5.97 Å². The van der Waals surface area contributed by atoms with Crippen molar-refractivity contribution >= 4 is 17.0 Å². The van der Waals surface area contributed by atoms with E-state index >= 15 is 0 Å². The average Bonchev–Trinajstić information content (AvgIpc) is 2.85. The SMILES string of the molecule is CCOC(=O)CC(O)C(O)c1cnc2[nH]ncc2c1. The van der Waals surface area contributed by atoms with Crippen molar-refractivity contribution in [2.75, 3.05) is 6.61 Å². The molecule has 2 atom stereocenters. The lowest BCUT2D eigenvalue weighted by molar-refractivity contribution is -0.147. The van der Waals surface area contributed by atoms with Gasteiger partial charge in [0, 0.05) is 17.1 Å². The number of esters is 1. The number of H-pyrrole nitrogens is 1. The van der Waals surface area contributed by atoms with Crippen molar-refractivity contribution in [1.82, 2.24) is 15.2 Å². The first-order valence-corrected chi connectivity index (χ1v) is 5.92. The maximum Gasteiger partial charge on any atom is 0.308 e. The lowest BCUT2D eigenvalue weighted by Gasteiger charge is -2.17. The number of fused-ring (bicyclic) bond motifs is 1. The number of hydrogen-bond acceptors (Lipinski definition) is 6. The van der Waals surface area contributed by atoms with Gasteiger partial charge in [-0.2, -0.15) is 5.10 Å². The lowest BCUT2D eigenvalue weighted by Crippen LogP contribution is -2.23. The highest BCUT2D eigenvalue weighted by Crippen LogP contribution is 2.21. The summed E-state index contributed by atoms with van der Waals surface area (Å²) in [6.45, 7) is 1.92. The van der Waals surface area contributed by atoms with E-state index in [0.29, 0.717) is 11.2 Å². The smallest absolute Gasteiger partial charge is 0.308 e. The van der Waals surface area contributed by atoms with E-state index in [1.165, 1.54) is 6.20 Å². The second-order valence-corrected chi connectivity index (χ2v) is 4.10. The molecule has 19 heavy (non-hydrogen) atoms. The van der Waals surface area contributed by atoms with Gasteiger partial charge in [0.2, 0.25) is 0 Å². The molecule has 0 aromatic carbocycles. The highest BCUT2D eigenvalue weighted by molar-refractivity contribution is 5.74. The number of carbonyl (C=O) groups is 1. The van der Waals surface area contributed by atoms with Gasteiger partial charge in [-0.3, -0.25) is 9.89 Å². The quantitative estimate of drug-likeness (QED) is 0.671. The number of ether oxygens (including phenoxy) is 1. The number of rotatable bonds is 5. The Hall–Kier alpha value is -1.99. The van der Waals surface area contributed by atoms with Gasteiger partial charge in [-0.1, -0.05) is 0 Å². The van der Waals surface area contributed by atoms with Crippen molar-refractivity contribution in [2.45, 2.75) is 25.6 Å². The highest BCUT2D eigenvalue weighted by Gasteiger charge is 2.22. The van der Waals surface area contributed by atoms with Crippen LogP contribution in [0.25, 0.3) is 11.0 Å². The first kappa shape index (κ1) is 13.4. The fraction of sp³-hybridized carbons (Fsp3) is 0.417. The molecular weight excluding hydrogens is 250 g/mol. The molecule has 2 heterocycles. The fourth-order valence-corrected chi connectivity index (χ4v) is 1.74. The van der Waals surface area contributed by atoms with E-state index in [1.54, 1.807) is 19.2 Å². The molecule has 0 aliphatic carbocycles. The summed E-state index contributed by atoms with van der Waals surface area (Å²) in [5.74, 6) is -0.550. The van der Waals surface area contributed by atoms with E-state index in [1.807, 2.05) is 0 Å². The first-order chi connectivity index (χ1) is 9.11. The average molecular weight is 265 g/mol. The zero-order chi connectivity index (χ0) is 13.8. The zero-order valence-corrected chi connectivity index (χ0v) is 10.4. The molecule has 0 fully saturated rings. The number of aliphatic hydroxyl groups excluding tert-OH is 2. The standard InChI is InChI=1S/C12H15N3O4/c1-2-19-10(17)4-9(16)11(18)7-3-8-6-14-15-12(8)13-5-7/h3,5-6,9,11,16,18H,2,4H2,1H3,(H,13,14,15). The largest absolute Gasteiger partial charge is 0.466 e. The van der Waals surface area contributed by atoms with Gasteiger partial charge in [-0.15, -0.1) is 0 Å². The Labute approximate surface area is 109 Å². The summed E-state index contributed by atoms with van der Waals surface area (Å²) in [4.78, 5) is 15.3. The summed E-state index contributed by atoms with van der Waals surface area (Å²) in [6.07, 6.45) is 0.301. The van der Waals surface area contributed by atoms with E-state index in [-0.39, 0.29) is 13.0 Å². The van der Waals surface area contributed by atoms with E-state index < -0.39 is 18.2 Å². The molecule has 0 aliphatic rings. The number of aliphatic hydroxyl groups is 2. The topological polar surface area (TPSA) is 108 Å².